The van der Waals surface area contributed by atoms with E-state index in [9.17, 15) is 13.2 Å². The minimum atomic E-state index is -3.72. The molecule has 1 fully saturated rings. The Morgan fingerprint density at radius 2 is 2.04 bits per heavy atom. The number of benzene rings is 1. The van der Waals surface area contributed by atoms with Crippen LogP contribution in [0.15, 0.2) is 35.2 Å². The molecule has 0 radical (unpaired) electrons. The molecule has 3 rings (SSSR count). The topological polar surface area (TPSA) is 104 Å². The molecule has 0 spiro atoms. The average Bonchev–Trinajstić information content (AvgIpc) is 3.09. The lowest BCUT2D eigenvalue weighted by molar-refractivity contribution is 0.143. The summed E-state index contributed by atoms with van der Waals surface area (Å²) in [7, 11) is -3.72. The fourth-order valence-electron chi connectivity index (χ4n) is 2.66. The number of ether oxygens (including phenoxy) is 1. The van der Waals surface area contributed by atoms with Crippen molar-refractivity contribution in [1.82, 2.24) is 14.9 Å². The molecule has 1 aliphatic heterocycles. The first-order chi connectivity index (χ1) is 11.4. The van der Waals surface area contributed by atoms with Crippen LogP contribution in [0.1, 0.15) is 11.4 Å². The number of carbonyl (C=O) groups is 1. The molecule has 1 unspecified atom stereocenters. The van der Waals surface area contributed by atoms with Gasteiger partial charge in [0.15, 0.2) is 0 Å². The molecule has 8 nitrogen and oxygen atoms in total. The number of amides is 1. The molecule has 1 saturated heterocycles. The maximum absolute atomic E-state index is 12.4. The number of nitrogens with one attached hydrogen (secondary N) is 2. The number of hydrogen-bond acceptors (Lipinski definition) is 5. The lowest BCUT2D eigenvalue weighted by Crippen LogP contribution is -2.35. The molecule has 2 heterocycles. The van der Waals surface area contributed by atoms with Crippen LogP contribution in [0.25, 0.3) is 0 Å². The van der Waals surface area contributed by atoms with Crippen molar-refractivity contribution in [3.63, 3.8) is 0 Å². The highest BCUT2D eigenvalue weighted by Gasteiger charge is 2.33. The van der Waals surface area contributed by atoms with Crippen LogP contribution in [-0.4, -0.2) is 43.9 Å². The summed E-state index contributed by atoms with van der Waals surface area (Å²) >= 11 is 0. The Morgan fingerprint density at radius 3 is 2.67 bits per heavy atom. The van der Waals surface area contributed by atoms with E-state index in [1.165, 1.54) is 4.90 Å². The summed E-state index contributed by atoms with van der Waals surface area (Å²) in [6.45, 7) is 3.54. The van der Waals surface area contributed by atoms with E-state index in [1.807, 2.05) is 18.2 Å². The number of H-pyrrole nitrogens is 1. The van der Waals surface area contributed by atoms with Crippen molar-refractivity contribution in [3.05, 3.63) is 41.7 Å². The van der Waals surface area contributed by atoms with E-state index in [-0.39, 0.29) is 18.0 Å². The van der Waals surface area contributed by atoms with Crippen molar-refractivity contribution in [2.24, 2.45) is 0 Å². The summed E-state index contributed by atoms with van der Waals surface area (Å²) in [5, 5.41) is 6.53. The first-order valence-corrected chi connectivity index (χ1v) is 8.91. The van der Waals surface area contributed by atoms with Crippen LogP contribution in [0.3, 0.4) is 0 Å². The summed E-state index contributed by atoms with van der Waals surface area (Å²) < 4.78 is 32.5. The van der Waals surface area contributed by atoms with Gasteiger partial charge in [-0.1, -0.05) is 18.2 Å². The normalized spacial score (nSPS) is 18.0. The SMILES string of the molecule is Cc1n[nH]c(C)c1S(=O)(=O)NCC1CN(c2ccccc2)C(=O)O1. The number of hydrogen-bond donors (Lipinski definition) is 2. The smallest absolute Gasteiger partial charge is 0.414 e. The molecular formula is C15H18N4O4S. The Balaban J connectivity index is 1.67. The largest absolute Gasteiger partial charge is 0.443 e. The number of aromatic nitrogens is 2. The highest BCUT2D eigenvalue weighted by molar-refractivity contribution is 7.89. The highest BCUT2D eigenvalue weighted by atomic mass is 32.2. The third-order valence-corrected chi connectivity index (χ3v) is 5.46. The fraction of sp³-hybridized carbons (Fsp3) is 0.333. The quantitative estimate of drug-likeness (QED) is 0.846. The zero-order valence-electron chi connectivity index (χ0n) is 13.3. The number of rotatable bonds is 5. The summed E-state index contributed by atoms with van der Waals surface area (Å²) in [5.74, 6) is 0. The second-order valence-corrected chi connectivity index (χ2v) is 7.27. The number of aromatic amines is 1. The van der Waals surface area contributed by atoms with Gasteiger partial charge >= 0.3 is 6.09 Å². The van der Waals surface area contributed by atoms with Crippen molar-refractivity contribution in [2.45, 2.75) is 24.8 Å². The van der Waals surface area contributed by atoms with Crippen molar-refractivity contribution in [3.8, 4) is 0 Å². The minimum absolute atomic E-state index is 0.00146. The van der Waals surface area contributed by atoms with E-state index >= 15 is 0 Å². The van der Waals surface area contributed by atoms with Crippen LogP contribution in [0.5, 0.6) is 0 Å². The molecule has 9 heteroatoms. The van der Waals surface area contributed by atoms with Gasteiger partial charge in [-0.15, -0.1) is 0 Å². The second-order valence-electron chi connectivity index (χ2n) is 5.57. The third kappa shape index (κ3) is 3.13. The molecule has 2 N–H and O–H groups in total. The summed E-state index contributed by atoms with van der Waals surface area (Å²) in [6.07, 6.45) is -1.04. The van der Waals surface area contributed by atoms with E-state index < -0.39 is 22.2 Å². The number of anilines is 1. The predicted octanol–water partition coefficient (Wildman–Crippen LogP) is 1.33. The van der Waals surface area contributed by atoms with Gasteiger partial charge in [0, 0.05) is 12.2 Å². The number of carbonyl (C=O) groups excluding carboxylic acids is 1. The molecule has 1 aliphatic rings. The first kappa shape index (κ1) is 16.5. The molecule has 128 valence electrons. The van der Waals surface area contributed by atoms with E-state index in [0.717, 1.165) is 5.69 Å². The monoisotopic (exact) mass is 350 g/mol. The van der Waals surface area contributed by atoms with E-state index in [4.69, 9.17) is 4.74 Å². The molecule has 1 aromatic carbocycles. The van der Waals surface area contributed by atoms with Crippen LogP contribution < -0.4 is 9.62 Å². The average molecular weight is 350 g/mol. The molecule has 1 amide bonds. The molecule has 0 aliphatic carbocycles. The van der Waals surface area contributed by atoms with Crippen LogP contribution in [-0.2, 0) is 14.8 Å². The number of aryl methyl sites for hydroxylation is 2. The van der Waals surface area contributed by atoms with E-state index in [1.54, 1.807) is 26.0 Å². The van der Waals surface area contributed by atoms with Crippen LogP contribution in [0, 0.1) is 13.8 Å². The van der Waals surface area contributed by atoms with Crippen molar-refractivity contribution >= 4 is 21.8 Å². The van der Waals surface area contributed by atoms with E-state index in [2.05, 4.69) is 14.9 Å². The minimum Gasteiger partial charge on any atom is -0.443 e. The molecule has 0 bridgehead atoms. The van der Waals surface area contributed by atoms with Crippen molar-refractivity contribution < 1.29 is 17.9 Å². The lowest BCUT2D eigenvalue weighted by Gasteiger charge is -2.13. The zero-order valence-corrected chi connectivity index (χ0v) is 14.1. The second kappa shape index (κ2) is 6.25. The molecule has 24 heavy (non-hydrogen) atoms. The highest BCUT2D eigenvalue weighted by Crippen LogP contribution is 2.21. The Labute approximate surface area is 139 Å². The van der Waals surface area contributed by atoms with Crippen molar-refractivity contribution in [1.29, 1.82) is 0 Å². The maximum Gasteiger partial charge on any atom is 0.414 e. The van der Waals surface area contributed by atoms with Gasteiger partial charge in [-0.3, -0.25) is 10.00 Å². The number of para-hydroxylation sites is 1. The summed E-state index contributed by atoms with van der Waals surface area (Å²) in [5.41, 5.74) is 1.58. The van der Waals surface area contributed by atoms with Crippen molar-refractivity contribution in [2.75, 3.05) is 18.0 Å². The summed E-state index contributed by atoms with van der Waals surface area (Å²) in [6, 6.07) is 9.09. The maximum atomic E-state index is 12.4. The summed E-state index contributed by atoms with van der Waals surface area (Å²) in [4.78, 5) is 13.6. The van der Waals surface area contributed by atoms with Gasteiger partial charge in [0.25, 0.3) is 0 Å². The number of nitrogens with zero attached hydrogens (tertiary/aromatic N) is 2. The Morgan fingerprint density at radius 1 is 1.33 bits per heavy atom. The van der Waals surface area contributed by atoms with Gasteiger partial charge in [-0.2, -0.15) is 5.10 Å². The molecule has 1 aromatic heterocycles. The predicted molar refractivity (Wildman–Crippen MR) is 87.3 cm³/mol. The van der Waals surface area contributed by atoms with Gasteiger partial charge in [-0.05, 0) is 26.0 Å². The zero-order chi connectivity index (χ0) is 17.3. The van der Waals surface area contributed by atoms with Crippen LogP contribution in [0.4, 0.5) is 10.5 Å². The Bertz CT molecular complexity index is 828. The molecular weight excluding hydrogens is 332 g/mol. The lowest BCUT2D eigenvalue weighted by atomic mass is 10.3. The number of sulfonamides is 1. The van der Waals surface area contributed by atoms with Gasteiger partial charge in [-0.25, -0.2) is 17.9 Å². The van der Waals surface area contributed by atoms with E-state index in [0.29, 0.717) is 11.4 Å². The van der Waals surface area contributed by atoms with Gasteiger partial charge in [0.2, 0.25) is 10.0 Å². The van der Waals surface area contributed by atoms with Crippen LogP contribution in [0.2, 0.25) is 0 Å². The molecule has 0 saturated carbocycles. The first-order valence-electron chi connectivity index (χ1n) is 7.43. The third-order valence-electron chi connectivity index (χ3n) is 3.77. The number of cyclic esters (lactones) is 1. The Hall–Kier alpha value is -2.39. The standard InChI is InChI=1S/C15H18N4O4S/c1-10-14(11(2)18-17-10)24(21,22)16-8-13-9-19(15(20)23-13)12-6-4-3-5-7-12/h3-7,13,16H,8-9H2,1-2H3,(H,17,18). The molecule has 1 atom stereocenters. The van der Waals surface area contributed by atoms with Gasteiger partial charge in [0.1, 0.15) is 11.0 Å². The van der Waals surface area contributed by atoms with Gasteiger partial charge < -0.3 is 4.74 Å². The van der Waals surface area contributed by atoms with Gasteiger partial charge in [0.05, 0.1) is 17.9 Å². The van der Waals surface area contributed by atoms with Crippen LogP contribution >= 0.6 is 0 Å². The Kier molecular flexibility index (Phi) is 4.29. The fourth-order valence-corrected chi connectivity index (χ4v) is 4.09. The molecule has 2 aromatic rings.